The minimum atomic E-state index is -0.469. The van der Waals surface area contributed by atoms with Crippen molar-refractivity contribution in [2.75, 3.05) is 13.1 Å². The first-order valence-electron chi connectivity index (χ1n) is 4.42. The van der Waals surface area contributed by atoms with Crippen LogP contribution in [-0.2, 0) is 0 Å². The second kappa shape index (κ2) is 2.61. The largest absolute Gasteiger partial charge is 0.385 e. The molecule has 0 aromatic rings. The van der Waals surface area contributed by atoms with Crippen LogP contribution < -0.4 is 5.32 Å². The molecule has 0 aromatic heterocycles. The molecule has 2 rings (SSSR count). The van der Waals surface area contributed by atoms with Gasteiger partial charge in [0.25, 0.3) is 0 Å². The topological polar surface area (TPSA) is 32.3 Å². The number of aliphatic hydroxyl groups is 1. The highest BCUT2D eigenvalue weighted by atomic mass is 16.3. The zero-order valence-corrected chi connectivity index (χ0v) is 6.71. The van der Waals surface area contributed by atoms with Crippen LogP contribution >= 0.6 is 0 Å². The molecule has 2 N–H and O–H groups in total. The molecule has 0 spiro atoms. The number of rotatable bonds is 1. The van der Waals surface area contributed by atoms with Gasteiger partial charge in [-0.15, -0.1) is 0 Å². The van der Waals surface area contributed by atoms with Gasteiger partial charge in [0.1, 0.15) is 0 Å². The van der Waals surface area contributed by atoms with E-state index in [2.05, 4.69) is 11.4 Å². The smallest absolute Gasteiger partial charge is 0.0880 e. The van der Waals surface area contributed by atoms with E-state index < -0.39 is 5.60 Å². The van der Waals surface area contributed by atoms with Crippen LogP contribution in [0.1, 0.15) is 19.3 Å². The molecular formula is C9H15NO. The van der Waals surface area contributed by atoms with E-state index in [0.717, 1.165) is 32.4 Å². The van der Waals surface area contributed by atoms with Crippen LogP contribution in [0.5, 0.6) is 0 Å². The molecule has 0 bridgehead atoms. The van der Waals surface area contributed by atoms with Crippen molar-refractivity contribution in [3.63, 3.8) is 0 Å². The van der Waals surface area contributed by atoms with E-state index in [1.807, 2.05) is 6.08 Å². The Morgan fingerprint density at radius 2 is 2.27 bits per heavy atom. The molecule has 11 heavy (non-hydrogen) atoms. The summed E-state index contributed by atoms with van der Waals surface area (Å²) in [6.07, 6.45) is 7.35. The van der Waals surface area contributed by atoms with Crippen LogP contribution in [0.25, 0.3) is 0 Å². The van der Waals surface area contributed by atoms with Gasteiger partial charge in [-0.1, -0.05) is 12.2 Å². The predicted octanol–water partition coefficient (Wildman–Crippen LogP) is 0.677. The summed E-state index contributed by atoms with van der Waals surface area (Å²) < 4.78 is 0. The number of nitrogens with one attached hydrogen (secondary N) is 1. The van der Waals surface area contributed by atoms with Gasteiger partial charge in [-0.2, -0.15) is 0 Å². The Morgan fingerprint density at radius 1 is 1.45 bits per heavy atom. The summed E-state index contributed by atoms with van der Waals surface area (Å²) in [4.78, 5) is 0. The molecule has 1 saturated heterocycles. The summed E-state index contributed by atoms with van der Waals surface area (Å²) in [5.74, 6) is 0.471. The summed E-state index contributed by atoms with van der Waals surface area (Å²) in [5, 5.41) is 13.3. The lowest BCUT2D eigenvalue weighted by Crippen LogP contribution is -2.55. The van der Waals surface area contributed by atoms with Gasteiger partial charge in [0, 0.05) is 19.0 Å². The van der Waals surface area contributed by atoms with E-state index in [4.69, 9.17) is 0 Å². The molecule has 2 nitrogen and oxygen atoms in total. The number of hydrogen-bond acceptors (Lipinski definition) is 2. The fraction of sp³-hybridized carbons (Fsp3) is 0.778. The Balaban J connectivity index is 2.06. The average Bonchev–Trinajstić information content (AvgIpc) is 1.83. The van der Waals surface area contributed by atoms with Gasteiger partial charge in [0.15, 0.2) is 0 Å². The lowest BCUT2D eigenvalue weighted by atomic mass is 9.77. The third-order valence-corrected chi connectivity index (χ3v) is 2.84. The van der Waals surface area contributed by atoms with Crippen molar-refractivity contribution in [2.24, 2.45) is 5.92 Å². The summed E-state index contributed by atoms with van der Waals surface area (Å²) in [7, 11) is 0. The van der Waals surface area contributed by atoms with E-state index in [-0.39, 0.29) is 0 Å². The van der Waals surface area contributed by atoms with Gasteiger partial charge >= 0.3 is 0 Å². The third kappa shape index (κ3) is 1.21. The van der Waals surface area contributed by atoms with Crippen LogP contribution in [0.2, 0.25) is 0 Å². The van der Waals surface area contributed by atoms with Gasteiger partial charge in [-0.3, -0.25) is 0 Å². The standard InChI is InChI=1S/C9H15NO/c11-9(8-6-10-7-8)4-2-1-3-5-9/h2,4,8,10-11H,1,3,5-7H2. The van der Waals surface area contributed by atoms with Gasteiger partial charge in [0.05, 0.1) is 5.60 Å². The lowest BCUT2D eigenvalue weighted by molar-refractivity contribution is -0.00801. The Labute approximate surface area is 67.3 Å². The van der Waals surface area contributed by atoms with Crippen LogP contribution in [0.3, 0.4) is 0 Å². The first kappa shape index (κ1) is 7.32. The molecule has 0 radical (unpaired) electrons. The molecule has 2 heteroatoms. The predicted molar refractivity (Wildman–Crippen MR) is 44.3 cm³/mol. The van der Waals surface area contributed by atoms with E-state index in [0.29, 0.717) is 5.92 Å². The highest BCUT2D eigenvalue weighted by Gasteiger charge is 2.38. The van der Waals surface area contributed by atoms with Crippen molar-refractivity contribution < 1.29 is 5.11 Å². The maximum Gasteiger partial charge on any atom is 0.0880 e. The Morgan fingerprint density at radius 3 is 2.73 bits per heavy atom. The highest BCUT2D eigenvalue weighted by Crippen LogP contribution is 2.31. The second-order valence-corrected chi connectivity index (χ2v) is 3.64. The van der Waals surface area contributed by atoms with Gasteiger partial charge < -0.3 is 10.4 Å². The van der Waals surface area contributed by atoms with Crippen molar-refractivity contribution in [1.82, 2.24) is 5.32 Å². The fourth-order valence-corrected chi connectivity index (χ4v) is 1.86. The summed E-state index contributed by atoms with van der Waals surface area (Å²) in [6, 6.07) is 0. The Bertz CT molecular complexity index is 174. The molecule has 0 aromatic carbocycles. The van der Waals surface area contributed by atoms with Crippen molar-refractivity contribution >= 4 is 0 Å². The summed E-state index contributed by atoms with van der Waals surface area (Å²) in [5.41, 5.74) is -0.469. The van der Waals surface area contributed by atoms with Crippen LogP contribution in [0, 0.1) is 5.92 Å². The molecule has 1 fully saturated rings. The van der Waals surface area contributed by atoms with Crippen molar-refractivity contribution in [3.05, 3.63) is 12.2 Å². The summed E-state index contributed by atoms with van der Waals surface area (Å²) >= 11 is 0. The second-order valence-electron chi connectivity index (χ2n) is 3.64. The molecule has 1 aliphatic heterocycles. The minimum absolute atomic E-state index is 0.469. The zero-order chi connectivity index (χ0) is 7.73. The third-order valence-electron chi connectivity index (χ3n) is 2.84. The van der Waals surface area contributed by atoms with Gasteiger partial charge in [-0.25, -0.2) is 0 Å². The SMILES string of the molecule is OC1(C2CNC2)C=CCCC1. The molecule has 0 amide bonds. The molecular weight excluding hydrogens is 138 g/mol. The van der Waals surface area contributed by atoms with Crippen LogP contribution in [0.4, 0.5) is 0 Å². The monoisotopic (exact) mass is 153 g/mol. The van der Waals surface area contributed by atoms with Crippen LogP contribution in [-0.4, -0.2) is 23.8 Å². The maximum absolute atomic E-state index is 10.1. The number of allylic oxidation sites excluding steroid dienone is 1. The van der Waals surface area contributed by atoms with Gasteiger partial charge in [-0.05, 0) is 19.3 Å². The van der Waals surface area contributed by atoms with Crippen molar-refractivity contribution in [3.8, 4) is 0 Å². The van der Waals surface area contributed by atoms with Crippen molar-refractivity contribution in [1.29, 1.82) is 0 Å². The summed E-state index contributed by atoms with van der Waals surface area (Å²) in [6.45, 7) is 1.97. The molecule has 1 atom stereocenters. The van der Waals surface area contributed by atoms with E-state index in [1.165, 1.54) is 0 Å². The van der Waals surface area contributed by atoms with Gasteiger partial charge in [0.2, 0.25) is 0 Å². The molecule has 1 heterocycles. The Hall–Kier alpha value is -0.340. The molecule has 0 saturated carbocycles. The molecule has 1 aliphatic carbocycles. The lowest BCUT2D eigenvalue weighted by Gasteiger charge is -2.41. The highest BCUT2D eigenvalue weighted by molar-refractivity contribution is 5.10. The van der Waals surface area contributed by atoms with E-state index >= 15 is 0 Å². The maximum atomic E-state index is 10.1. The van der Waals surface area contributed by atoms with Crippen molar-refractivity contribution in [2.45, 2.75) is 24.9 Å². The fourth-order valence-electron chi connectivity index (χ4n) is 1.86. The van der Waals surface area contributed by atoms with E-state index in [9.17, 15) is 5.11 Å². The first-order valence-corrected chi connectivity index (χ1v) is 4.42. The molecule has 2 aliphatic rings. The van der Waals surface area contributed by atoms with Crippen LogP contribution in [0.15, 0.2) is 12.2 Å². The molecule has 62 valence electrons. The zero-order valence-electron chi connectivity index (χ0n) is 6.71. The number of hydrogen-bond donors (Lipinski definition) is 2. The van der Waals surface area contributed by atoms with E-state index in [1.54, 1.807) is 0 Å². The molecule has 1 unspecified atom stereocenters. The minimum Gasteiger partial charge on any atom is -0.385 e. The average molecular weight is 153 g/mol. The quantitative estimate of drug-likeness (QED) is 0.543. The Kier molecular flexibility index (Phi) is 1.74. The normalized spacial score (nSPS) is 38.6. The first-order chi connectivity index (χ1) is 5.31.